The largest absolute Gasteiger partial charge is 0.507 e. The van der Waals surface area contributed by atoms with Gasteiger partial charge in [-0.2, -0.15) is 0 Å². The number of rotatable bonds is 2. The molecule has 2 N–H and O–H groups in total. The summed E-state index contributed by atoms with van der Waals surface area (Å²) < 4.78 is 0. The Labute approximate surface area is 110 Å². The molecule has 0 aliphatic heterocycles. The third kappa shape index (κ3) is 3.32. The molecule has 2 rings (SSSR count). The number of para-hydroxylation sites is 2. The molecule has 0 atom stereocenters. The number of halogens is 1. The van der Waals surface area contributed by atoms with Gasteiger partial charge in [0.1, 0.15) is 5.75 Å². The molecule has 0 spiro atoms. The van der Waals surface area contributed by atoms with Crippen LogP contribution in [-0.2, 0) is 0 Å². The molecule has 4 heteroatoms. The molecule has 0 aromatic heterocycles. The summed E-state index contributed by atoms with van der Waals surface area (Å²) >= 11 is 0. The van der Waals surface area contributed by atoms with Crippen LogP contribution in [0, 0.1) is 0 Å². The van der Waals surface area contributed by atoms with Crippen molar-refractivity contribution in [1.29, 1.82) is 0 Å². The Hall–Kier alpha value is -1.81. The smallest absolute Gasteiger partial charge is 0.259 e. The average Bonchev–Trinajstić information content (AvgIpc) is 2.31. The van der Waals surface area contributed by atoms with Crippen LogP contribution in [-0.4, -0.2) is 11.0 Å². The van der Waals surface area contributed by atoms with Crippen molar-refractivity contribution in [3.05, 3.63) is 60.2 Å². The number of phenolic OH excluding ortho intramolecular Hbond substituents is 1. The van der Waals surface area contributed by atoms with Crippen LogP contribution >= 0.6 is 17.0 Å². The lowest BCUT2D eigenvalue weighted by molar-refractivity contribution is 0.102. The summed E-state index contributed by atoms with van der Waals surface area (Å²) in [4.78, 5) is 11.8. The Balaban J connectivity index is 0.00000144. The molecule has 88 valence electrons. The van der Waals surface area contributed by atoms with Gasteiger partial charge in [-0.05, 0) is 24.3 Å². The second-order valence-electron chi connectivity index (χ2n) is 3.34. The summed E-state index contributed by atoms with van der Waals surface area (Å²) in [6.07, 6.45) is 0. The van der Waals surface area contributed by atoms with Crippen LogP contribution in [0.2, 0.25) is 0 Å². The minimum Gasteiger partial charge on any atom is -0.507 e. The Morgan fingerprint density at radius 2 is 1.53 bits per heavy atom. The molecule has 0 saturated carbocycles. The summed E-state index contributed by atoms with van der Waals surface area (Å²) in [7, 11) is 0. The van der Waals surface area contributed by atoms with E-state index in [1.807, 2.05) is 18.2 Å². The van der Waals surface area contributed by atoms with Gasteiger partial charge in [-0.1, -0.05) is 30.3 Å². The van der Waals surface area contributed by atoms with Gasteiger partial charge in [0.05, 0.1) is 5.56 Å². The minimum atomic E-state index is -0.315. The van der Waals surface area contributed by atoms with Gasteiger partial charge >= 0.3 is 0 Å². The van der Waals surface area contributed by atoms with Crippen molar-refractivity contribution in [2.45, 2.75) is 0 Å². The number of carbonyl (C=O) groups excluding carboxylic acids is 1. The fraction of sp³-hybridized carbons (Fsp3) is 0. The van der Waals surface area contributed by atoms with E-state index in [9.17, 15) is 9.90 Å². The average molecular weight is 294 g/mol. The van der Waals surface area contributed by atoms with E-state index in [1.54, 1.807) is 30.3 Å². The second kappa shape index (κ2) is 6.06. The number of carbonyl (C=O) groups is 1. The van der Waals surface area contributed by atoms with Crippen LogP contribution in [0.5, 0.6) is 5.75 Å². The number of aromatic hydroxyl groups is 1. The van der Waals surface area contributed by atoms with Crippen molar-refractivity contribution in [2.24, 2.45) is 0 Å². The van der Waals surface area contributed by atoms with Gasteiger partial charge in [0.25, 0.3) is 5.91 Å². The molecule has 0 radical (unpaired) electrons. The summed E-state index contributed by atoms with van der Waals surface area (Å²) in [6, 6.07) is 15.6. The van der Waals surface area contributed by atoms with E-state index in [0.29, 0.717) is 5.69 Å². The Morgan fingerprint density at radius 3 is 2.18 bits per heavy atom. The third-order valence-corrected chi connectivity index (χ3v) is 2.18. The van der Waals surface area contributed by atoms with E-state index < -0.39 is 0 Å². The highest BCUT2D eigenvalue weighted by atomic mass is 79.9. The number of benzene rings is 2. The number of anilines is 1. The lowest BCUT2D eigenvalue weighted by atomic mass is 10.2. The molecule has 2 aromatic rings. The molecular weight excluding hydrogens is 282 g/mol. The van der Waals surface area contributed by atoms with Gasteiger partial charge in [0, 0.05) is 5.69 Å². The number of nitrogens with one attached hydrogen (secondary N) is 1. The predicted molar refractivity (Wildman–Crippen MR) is 72.8 cm³/mol. The standard InChI is InChI=1S/C13H11NO2.BrH/c15-12-9-5-4-8-11(12)13(16)14-10-6-2-1-3-7-10;/h1-9,15H,(H,14,16);1H. The highest BCUT2D eigenvalue weighted by molar-refractivity contribution is 8.93. The maximum Gasteiger partial charge on any atom is 0.259 e. The molecular formula is C13H12BrNO2. The van der Waals surface area contributed by atoms with Crippen molar-refractivity contribution in [3.63, 3.8) is 0 Å². The van der Waals surface area contributed by atoms with Gasteiger partial charge in [-0.25, -0.2) is 0 Å². The quantitative estimate of drug-likeness (QED) is 0.893. The first-order valence-electron chi connectivity index (χ1n) is 4.92. The fourth-order valence-electron chi connectivity index (χ4n) is 1.39. The molecule has 0 fully saturated rings. The van der Waals surface area contributed by atoms with Crippen molar-refractivity contribution in [2.75, 3.05) is 5.32 Å². The van der Waals surface area contributed by atoms with Crippen molar-refractivity contribution in [1.82, 2.24) is 0 Å². The minimum absolute atomic E-state index is 0. The molecule has 0 saturated heterocycles. The molecule has 17 heavy (non-hydrogen) atoms. The number of amides is 1. The normalized spacial score (nSPS) is 9.18. The van der Waals surface area contributed by atoms with Crippen LogP contribution in [0.25, 0.3) is 0 Å². The van der Waals surface area contributed by atoms with Crippen molar-refractivity contribution in [3.8, 4) is 5.75 Å². The molecule has 3 nitrogen and oxygen atoms in total. The number of hydrogen-bond donors (Lipinski definition) is 2. The zero-order chi connectivity index (χ0) is 11.4. The summed E-state index contributed by atoms with van der Waals surface area (Å²) in [5, 5.41) is 12.2. The van der Waals surface area contributed by atoms with Crippen LogP contribution < -0.4 is 5.32 Å². The topological polar surface area (TPSA) is 49.3 Å². The highest BCUT2D eigenvalue weighted by Gasteiger charge is 2.09. The molecule has 0 aliphatic carbocycles. The van der Waals surface area contributed by atoms with Crippen molar-refractivity contribution >= 4 is 28.6 Å². The van der Waals surface area contributed by atoms with Crippen LogP contribution in [0.15, 0.2) is 54.6 Å². The zero-order valence-corrected chi connectivity index (χ0v) is 10.7. The monoisotopic (exact) mass is 293 g/mol. The second-order valence-corrected chi connectivity index (χ2v) is 3.34. The molecule has 0 aliphatic rings. The summed E-state index contributed by atoms with van der Waals surface area (Å²) in [5.74, 6) is -0.333. The van der Waals surface area contributed by atoms with Gasteiger partial charge in [0.2, 0.25) is 0 Å². The first kappa shape index (κ1) is 13.3. The summed E-state index contributed by atoms with van der Waals surface area (Å²) in [6.45, 7) is 0. The van der Waals surface area contributed by atoms with E-state index >= 15 is 0 Å². The van der Waals surface area contributed by atoms with Gasteiger partial charge < -0.3 is 10.4 Å². The first-order valence-corrected chi connectivity index (χ1v) is 4.92. The Bertz CT molecular complexity index is 500. The lowest BCUT2D eigenvalue weighted by Gasteiger charge is -2.05. The molecule has 0 unspecified atom stereocenters. The first-order chi connectivity index (χ1) is 7.77. The van der Waals surface area contributed by atoms with Crippen molar-refractivity contribution < 1.29 is 9.90 Å². The predicted octanol–water partition coefficient (Wildman–Crippen LogP) is 3.22. The van der Waals surface area contributed by atoms with Crippen LogP contribution in [0.1, 0.15) is 10.4 Å². The number of phenols is 1. The van der Waals surface area contributed by atoms with E-state index in [2.05, 4.69) is 5.32 Å². The molecule has 2 aromatic carbocycles. The van der Waals surface area contributed by atoms with E-state index in [4.69, 9.17) is 0 Å². The SMILES string of the molecule is Br.O=C(Nc1ccccc1)c1ccccc1O. The van der Waals surface area contributed by atoms with Gasteiger partial charge in [0.15, 0.2) is 0 Å². The number of hydrogen-bond acceptors (Lipinski definition) is 2. The molecule has 0 bridgehead atoms. The summed E-state index contributed by atoms with van der Waals surface area (Å²) in [5.41, 5.74) is 0.974. The Kier molecular flexibility index (Phi) is 4.72. The molecule has 1 amide bonds. The van der Waals surface area contributed by atoms with E-state index in [-0.39, 0.29) is 34.2 Å². The fourth-order valence-corrected chi connectivity index (χ4v) is 1.39. The maximum atomic E-state index is 11.8. The highest BCUT2D eigenvalue weighted by Crippen LogP contribution is 2.17. The molecule has 0 heterocycles. The van der Waals surface area contributed by atoms with Crippen LogP contribution in [0.4, 0.5) is 5.69 Å². The lowest BCUT2D eigenvalue weighted by Crippen LogP contribution is -2.11. The van der Waals surface area contributed by atoms with E-state index in [0.717, 1.165) is 0 Å². The van der Waals surface area contributed by atoms with E-state index in [1.165, 1.54) is 6.07 Å². The maximum absolute atomic E-state index is 11.8. The zero-order valence-electron chi connectivity index (χ0n) is 8.96. The van der Waals surface area contributed by atoms with Crippen LogP contribution in [0.3, 0.4) is 0 Å². The Morgan fingerprint density at radius 1 is 0.941 bits per heavy atom. The van der Waals surface area contributed by atoms with Gasteiger partial charge in [-0.3, -0.25) is 4.79 Å². The third-order valence-electron chi connectivity index (χ3n) is 2.18. The van der Waals surface area contributed by atoms with Gasteiger partial charge in [-0.15, -0.1) is 17.0 Å².